The van der Waals surface area contributed by atoms with Crippen LogP contribution in [0.15, 0.2) is 12.1 Å². The van der Waals surface area contributed by atoms with Crippen molar-refractivity contribution < 1.29 is 13.5 Å². The molecule has 1 aromatic carbocycles. The molecule has 2 atom stereocenters. The van der Waals surface area contributed by atoms with Gasteiger partial charge in [-0.05, 0) is 44.9 Å². The fourth-order valence-electron chi connectivity index (χ4n) is 2.79. The van der Waals surface area contributed by atoms with Gasteiger partial charge in [-0.1, -0.05) is 6.92 Å². The molecule has 1 fully saturated rings. The van der Waals surface area contributed by atoms with Gasteiger partial charge in [0.15, 0.2) is 0 Å². The van der Waals surface area contributed by atoms with Gasteiger partial charge in [-0.25, -0.2) is 8.78 Å². The highest BCUT2D eigenvalue weighted by molar-refractivity contribution is 5.30. The molecular weight excluding hydrogens is 248 g/mol. The van der Waals surface area contributed by atoms with Crippen molar-refractivity contribution >= 4 is 0 Å². The van der Waals surface area contributed by atoms with Crippen LogP contribution in [0.3, 0.4) is 0 Å². The van der Waals surface area contributed by atoms with Gasteiger partial charge in [0, 0.05) is 18.2 Å². The number of halogens is 2. The summed E-state index contributed by atoms with van der Waals surface area (Å²) in [6.45, 7) is 7.02. The molecule has 2 rings (SSSR count). The summed E-state index contributed by atoms with van der Waals surface area (Å²) in [5.74, 6) is -1.01. The Balaban J connectivity index is 2.41. The van der Waals surface area contributed by atoms with E-state index in [0.29, 0.717) is 24.3 Å². The monoisotopic (exact) mass is 269 g/mol. The summed E-state index contributed by atoms with van der Waals surface area (Å²) in [4.78, 5) is 0. The Kier molecular flexibility index (Phi) is 4.21. The molecule has 0 bridgehead atoms. The highest BCUT2D eigenvalue weighted by Gasteiger charge is 2.40. The van der Waals surface area contributed by atoms with E-state index in [9.17, 15) is 8.78 Å². The van der Waals surface area contributed by atoms with Crippen molar-refractivity contribution in [2.75, 3.05) is 13.2 Å². The van der Waals surface area contributed by atoms with Crippen molar-refractivity contribution in [2.24, 2.45) is 0 Å². The Bertz CT molecular complexity index is 456. The molecule has 4 heteroatoms. The Hall–Kier alpha value is -1.00. The van der Waals surface area contributed by atoms with E-state index in [4.69, 9.17) is 4.74 Å². The van der Waals surface area contributed by atoms with Gasteiger partial charge in [0.25, 0.3) is 0 Å². The van der Waals surface area contributed by atoms with Gasteiger partial charge in [-0.15, -0.1) is 0 Å². The van der Waals surface area contributed by atoms with Crippen molar-refractivity contribution in [3.63, 3.8) is 0 Å². The van der Waals surface area contributed by atoms with Crippen molar-refractivity contribution in [1.82, 2.24) is 5.32 Å². The molecule has 0 aromatic heterocycles. The second-order valence-electron chi connectivity index (χ2n) is 5.38. The molecular formula is C15H21F2NO. The first-order valence-corrected chi connectivity index (χ1v) is 6.81. The molecule has 1 aliphatic rings. The lowest BCUT2D eigenvalue weighted by Crippen LogP contribution is -2.41. The summed E-state index contributed by atoms with van der Waals surface area (Å²) in [5, 5.41) is 3.28. The summed E-state index contributed by atoms with van der Waals surface area (Å²) in [7, 11) is 0. The van der Waals surface area contributed by atoms with E-state index in [0.717, 1.165) is 18.9 Å². The smallest absolute Gasteiger partial charge is 0.131 e. The lowest BCUT2D eigenvalue weighted by Gasteiger charge is -2.34. The number of likely N-dealkylation sites (N-methyl/N-ethyl adjacent to an activating group) is 1. The third-order valence-corrected chi connectivity index (χ3v) is 3.86. The third-order valence-electron chi connectivity index (χ3n) is 3.86. The highest BCUT2D eigenvalue weighted by Crippen LogP contribution is 2.38. The predicted molar refractivity (Wildman–Crippen MR) is 71.1 cm³/mol. The molecule has 0 amide bonds. The lowest BCUT2D eigenvalue weighted by molar-refractivity contribution is -0.0130. The number of hydrogen-bond donors (Lipinski definition) is 1. The average Bonchev–Trinajstić information content (AvgIpc) is 2.79. The molecule has 106 valence electrons. The van der Waals surface area contributed by atoms with E-state index < -0.39 is 17.2 Å². The minimum Gasteiger partial charge on any atom is -0.373 e. The standard InChI is InChI=1S/C15H21F2NO/c1-4-18-14(15(3)6-5-7-19-15)11-8-10(2)12(16)9-13(11)17/h8-9,14,18H,4-7H2,1-3H3. The second-order valence-corrected chi connectivity index (χ2v) is 5.38. The van der Waals surface area contributed by atoms with Gasteiger partial charge >= 0.3 is 0 Å². The summed E-state index contributed by atoms with van der Waals surface area (Å²) < 4.78 is 33.3. The van der Waals surface area contributed by atoms with Gasteiger partial charge in [-0.2, -0.15) is 0 Å². The zero-order chi connectivity index (χ0) is 14.0. The molecule has 0 radical (unpaired) electrons. The predicted octanol–water partition coefficient (Wildman–Crippen LogP) is 3.49. The Morgan fingerprint density at radius 2 is 2.11 bits per heavy atom. The Morgan fingerprint density at radius 1 is 1.37 bits per heavy atom. The molecule has 1 heterocycles. The van der Waals surface area contributed by atoms with E-state index in [1.807, 2.05) is 13.8 Å². The zero-order valence-electron chi connectivity index (χ0n) is 11.7. The number of ether oxygens (including phenoxy) is 1. The maximum Gasteiger partial charge on any atom is 0.131 e. The fraction of sp³-hybridized carbons (Fsp3) is 0.600. The zero-order valence-corrected chi connectivity index (χ0v) is 11.7. The van der Waals surface area contributed by atoms with E-state index >= 15 is 0 Å². The molecule has 0 aliphatic carbocycles. The van der Waals surface area contributed by atoms with Crippen LogP contribution in [0.25, 0.3) is 0 Å². The summed E-state index contributed by atoms with van der Waals surface area (Å²) in [6.07, 6.45) is 1.85. The van der Waals surface area contributed by atoms with Crippen LogP contribution in [0.1, 0.15) is 43.9 Å². The molecule has 19 heavy (non-hydrogen) atoms. The molecule has 1 saturated heterocycles. The fourth-order valence-corrected chi connectivity index (χ4v) is 2.79. The average molecular weight is 269 g/mol. The summed E-state index contributed by atoms with van der Waals surface area (Å²) in [6, 6.07) is 2.30. The minimum absolute atomic E-state index is 0.251. The highest BCUT2D eigenvalue weighted by atomic mass is 19.1. The first kappa shape index (κ1) is 14.4. The SMILES string of the molecule is CCNC(c1cc(C)c(F)cc1F)C1(C)CCCO1. The number of hydrogen-bond acceptors (Lipinski definition) is 2. The second kappa shape index (κ2) is 5.55. The van der Waals surface area contributed by atoms with Crippen LogP contribution in [0, 0.1) is 18.6 Å². The Morgan fingerprint density at radius 3 is 2.68 bits per heavy atom. The van der Waals surface area contributed by atoms with E-state index in [-0.39, 0.29) is 6.04 Å². The number of nitrogens with one attached hydrogen (secondary N) is 1. The number of aryl methyl sites for hydroxylation is 1. The van der Waals surface area contributed by atoms with Crippen LogP contribution in [0.2, 0.25) is 0 Å². The van der Waals surface area contributed by atoms with Crippen LogP contribution < -0.4 is 5.32 Å². The molecule has 2 nitrogen and oxygen atoms in total. The lowest BCUT2D eigenvalue weighted by atomic mass is 9.86. The molecule has 0 saturated carbocycles. The van der Waals surface area contributed by atoms with Crippen LogP contribution in [0.4, 0.5) is 8.78 Å². The number of benzene rings is 1. The van der Waals surface area contributed by atoms with Gasteiger partial charge in [-0.3, -0.25) is 0 Å². The largest absolute Gasteiger partial charge is 0.373 e. The quantitative estimate of drug-likeness (QED) is 0.903. The van der Waals surface area contributed by atoms with Gasteiger partial charge in [0.1, 0.15) is 11.6 Å². The van der Waals surface area contributed by atoms with Crippen LogP contribution >= 0.6 is 0 Å². The molecule has 1 aromatic rings. The van der Waals surface area contributed by atoms with Crippen LogP contribution in [-0.4, -0.2) is 18.8 Å². The van der Waals surface area contributed by atoms with Gasteiger partial charge in [0.05, 0.1) is 11.6 Å². The maximum absolute atomic E-state index is 14.1. The van der Waals surface area contributed by atoms with E-state index in [1.54, 1.807) is 13.0 Å². The summed E-state index contributed by atoms with van der Waals surface area (Å²) in [5.41, 5.74) is 0.521. The molecule has 2 unspecified atom stereocenters. The first-order chi connectivity index (χ1) is 8.98. The summed E-state index contributed by atoms with van der Waals surface area (Å²) >= 11 is 0. The van der Waals surface area contributed by atoms with Crippen LogP contribution in [0.5, 0.6) is 0 Å². The Labute approximate surface area is 113 Å². The molecule has 1 N–H and O–H groups in total. The van der Waals surface area contributed by atoms with Crippen molar-refractivity contribution in [3.05, 3.63) is 34.9 Å². The van der Waals surface area contributed by atoms with E-state index in [2.05, 4.69) is 5.32 Å². The topological polar surface area (TPSA) is 21.3 Å². The van der Waals surface area contributed by atoms with Crippen molar-refractivity contribution in [3.8, 4) is 0 Å². The van der Waals surface area contributed by atoms with Gasteiger partial charge in [0.2, 0.25) is 0 Å². The molecule has 1 aliphatic heterocycles. The number of rotatable bonds is 4. The third kappa shape index (κ3) is 2.79. The normalized spacial score (nSPS) is 24.7. The maximum atomic E-state index is 14.1. The van der Waals surface area contributed by atoms with Crippen molar-refractivity contribution in [1.29, 1.82) is 0 Å². The van der Waals surface area contributed by atoms with Crippen molar-refractivity contribution in [2.45, 2.75) is 45.3 Å². The van der Waals surface area contributed by atoms with Gasteiger partial charge < -0.3 is 10.1 Å². The minimum atomic E-state index is -0.509. The first-order valence-electron chi connectivity index (χ1n) is 6.81. The van der Waals surface area contributed by atoms with E-state index in [1.165, 1.54) is 0 Å². The van der Waals surface area contributed by atoms with Crippen LogP contribution in [-0.2, 0) is 4.74 Å². The molecule has 0 spiro atoms.